The molecule has 0 aliphatic carbocycles. The monoisotopic (exact) mass is 220 g/mol. The normalized spacial score (nSPS) is 9.94. The molecule has 16 heavy (non-hydrogen) atoms. The highest BCUT2D eigenvalue weighted by molar-refractivity contribution is 5.98. The van der Waals surface area contributed by atoms with Crippen LogP contribution in [0.15, 0.2) is 24.3 Å². The fourth-order valence-electron chi connectivity index (χ4n) is 1.33. The van der Waals surface area contributed by atoms with Crippen LogP contribution in [0.4, 0.5) is 0 Å². The number of carbonyl (C=O) groups excluding carboxylic acids is 2. The van der Waals surface area contributed by atoms with Crippen molar-refractivity contribution in [2.45, 2.75) is 6.42 Å². The first kappa shape index (κ1) is 12.4. The van der Waals surface area contributed by atoms with Crippen molar-refractivity contribution < 1.29 is 9.59 Å². The van der Waals surface area contributed by atoms with Crippen LogP contribution in [0.3, 0.4) is 0 Å². The molecule has 0 heterocycles. The van der Waals surface area contributed by atoms with Gasteiger partial charge < -0.3 is 10.6 Å². The van der Waals surface area contributed by atoms with Crippen LogP contribution in [0.1, 0.15) is 27.1 Å². The largest absolute Gasteiger partial charge is 0.345 e. The van der Waals surface area contributed by atoms with Crippen LogP contribution >= 0.6 is 0 Å². The molecule has 0 atom stereocenters. The Morgan fingerprint density at radius 1 is 1.12 bits per heavy atom. The predicted octanol–water partition coefficient (Wildman–Crippen LogP) is 0.920. The third-order valence-corrected chi connectivity index (χ3v) is 2.23. The third-order valence-electron chi connectivity index (χ3n) is 2.23. The van der Waals surface area contributed by atoms with Crippen LogP contribution < -0.4 is 5.73 Å². The van der Waals surface area contributed by atoms with Crippen molar-refractivity contribution in [3.05, 3.63) is 35.4 Å². The van der Waals surface area contributed by atoms with Crippen molar-refractivity contribution in [2.75, 3.05) is 20.6 Å². The molecule has 0 unspecified atom stereocenters. The van der Waals surface area contributed by atoms with E-state index in [1.165, 1.54) is 4.90 Å². The molecule has 0 fully saturated rings. The number of hydrogen-bond donors (Lipinski definition) is 1. The number of amides is 1. The standard InChI is InChI=1S/C12H16N2O2/c1-14(2)12(16)10-5-3-9(4-6-10)11(15)7-8-13/h3-6H,7-8,13H2,1-2H3. The first-order valence-corrected chi connectivity index (χ1v) is 5.11. The maximum Gasteiger partial charge on any atom is 0.253 e. The molecular weight excluding hydrogens is 204 g/mol. The van der Waals surface area contributed by atoms with Crippen LogP contribution in [0.5, 0.6) is 0 Å². The van der Waals surface area contributed by atoms with Crippen molar-refractivity contribution in [2.24, 2.45) is 5.73 Å². The van der Waals surface area contributed by atoms with E-state index < -0.39 is 0 Å². The first-order valence-electron chi connectivity index (χ1n) is 5.11. The van der Waals surface area contributed by atoms with Crippen LogP contribution in [-0.2, 0) is 0 Å². The molecule has 1 aromatic carbocycles. The molecule has 2 N–H and O–H groups in total. The highest BCUT2D eigenvalue weighted by atomic mass is 16.2. The number of Topliss-reactive ketones (excluding diaryl/α,β-unsaturated/α-hetero) is 1. The van der Waals surface area contributed by atoms with Gasteiger partial charge in [-0.25, -0.2) is 0 Å². The van der Waals surface area contributed by atoms with E-state index in [0.717, 1.165) is 0 Å². The van der Waals surface area contributed by atoms with Gasteiger partial charge in [0.1, 0.15) is 0 Å². The van der Waals surface area contributed by atoms with E-state index in [1.54, 1.807) is 38.4 Å². The Balaban J connectivity index is 2.83. The molecule has 1 aromatic rings. The van der Waals surface area contributed by atoms with Gasteiger partial charge in [-0.1, -0.05) is 12.1 Å². The maximum absolute atomic E-state index is 11.6. The number of nitrogens with zero attached hydrogens (tertiary/aromatic N) is 1. The molecule has 0 saturated heterocycles. The van der Waals surface area contributed by atoms with E-state index >= 15 is 0 Å². The van der Waals surface area contributed by atoms with E-state index in [2.05, 4.69) is 0 Å². The molecule has 0 radical (unpaired) electrons. The second-order valence-corrected chi connectivity index (χ2v) is 3.74. The second-order valence-electron chi connectivity index (χ2n) is 3.74. The SMILES string of the molecule is CN(C)C(=O)c1ccc(C(=O)CCN)cc1. The van der Waals surface area contributed by atoms with Gasteiger partial charge in [-0.2, -0.15) is 0 Å². The molecule has 86 valence electrons. The quantitative estimate of drug-likeness (QED) is 0.767. The molecule has 0 spiro atoms. The number of rotatable bonds is 4. The van der Waals surface area contributed by atoms with Gasteiger partial charge >= 0.3 is 0 Å². The van der Waals surface area contributed by atoms with Gasteiger partial charge in [-0.3, -0.25) is 9.59 Å². The Bertz CT molecular complexity index is 383. The number of ketones is 1. The van der Waals surface area contributed by atoms with Gasteiger partial charge in [0.2, 0.25) is 0 Å². The zero-order valence-corrected chi connectivity index (χ0v) is 9.56. The topological polar surface area (TPSA) is 63.4 Å². The lowest BCUT2D eigenvalue weighted by molar-refractivity contribution is 0.0827. The van der Waals surface area contributed by atoms with Gasteiger partial charge in [0.15, 0.2) is 5.78 Å². The summed E-state index contributed by atoms with van der Waals surface area (Å²) in [5.74, 6) is -0.0656. The van der Waals surface area contributed by atoms with Crippen LogP contribution in [0.2, 0.25) is 0 Å². The lowest BCUT2D eigenvalue weighted by Gasteiger charge is -2.10. The van der Waals surface area contributed by atoms with Gasteiger partial charge in [0.25, 0.3) is 5.91 Å². The smallest absolute Gasteiger partial charge is 0.253 e. The minimum atomic E-state index is -0.0715. The van der Waals surface area contributed by atoms with Crippen molar-refractivity contribution >= 4 is 11.7 Å². The molecule has 0 saturated carbocycles. The molecule has 4 heteroatoms. The van der Waals surface area contributed by atoms with Crippen molar-refractivity contribution in [1.82, 2.24) is 4.90 Å². The Hall–Kier alpha value is -1.68. The first-order chi connectivity index (χ1) is 7.56. The van der Waals surface area contributed by atoms with Gasteiger partial charge in [0, 0.05) is 31.6 Å². The molecule has 0 aliphatic rings. The van der Waals surface area contributed by atoms with E-state index in [1.807, 2.05) is 0 Å². The van der Waals surface area contributed by atoms with Crippen molar-refractivity contribution in [3.63, 3.8) is 0 Å². The fraction of sp³-hybridized carbons (Fsp3) is 0.333. The molecular formula is C12H16N2O2. The second kappa shape index (κ2) is 5.42. The highest BCUT2D eigenvalue weighted by Crippen LogP contribution is 2.08. The van der Waals surface area contributed by atoms with Crippen LogP contribution in [0.25, 0.3) is 0 Å². The summed E-state index contributed by atoms with van der Waals surface area (Å²) in [5.41, 5.74) is 6.48. The summed E-state index contributed by atoms with van der Waals surface area (Å²) in [6.07, 6.45) is 0.334. The number of nitrogens with two attached hydrogens (primary N) is 1. The van der Waals surface area contributed by atoms with E-state index in [9.17, 15) is 9.59 Å². The predicted molar refractivity (Wildman–Crippen MR) is 62.5 cm³/mol. The fourth-order valence-corrected chi connectivity index (χ4v) is 1.33. The molecule has 0 aliphatic heterocycles. The average molecular weight is 220 g/mol. The number of benzene rings is 1. The Kier molecular flexibility index (Phi) is 4.19. The summed E-state index contributed by atoms with van der Waals surface area (Å²) in [7, 11) is 3.38. The minimum Gasteiger partial charge on any atom is -0.345 e. The Labute approximate surface area is 95.0 Å². The lowest BCUT2D eigenvalue weighted by atomic mass is 10.1. The minimum absolute atomic E-state index is 0.00588. The van der Waals surface area contributed by atoms with E-state index in [0.29, 0.717) is 24.1 Å². The van der Waals surface area contributed by atoms with E-state index in [4.69, 9.17) is 5.73 Å². The summed E-state index contributed by atoms with van der Waals surface area (Å²) >= 11 is 0. The Morgan fingerprint density at radius 3 is 2.06 bits per heavy atom. The summed E-state index contributed by atoms with van der Waals surface area (Å²) in [5, 5.41) is 0. The summed E-state index contributed by atoms with van der Waals surface area (Å²) < 4.78 is 0. The summed E-state index contributed by atoms with van der Waals surface area (Å²) in [6.45, 7) is 0.344. The molecule has 0 aromatic heterocycles. The molecule has 1 rings (SSSR count). The van der Waals surface area contributed by atoms with Crippen LogP contribution in [0, 0.1) is 0 Å². The number of carbonyl (C=O) groups is 2. The lowest BCUT2D eigenvalue weighted by Crippen LogP contribution is -2.21. The highest BCUT2D eigenvalue weighted by Gasteiger charge is 2.09. The van der Waals surface area contributed by atoms with Gasteiger partial charge in [0.05, 0.1) is 0 Å². The molecule has 0 bridgehead atoms. The van der Waals surface area contributed by atoms with Gasteiger partial charge in [-0.15, -0.1) is 0 Å². The number of hydrogen-bond acceptors (Lipinski definition) is 3. The zero-order valence-electron chi connectivity index (χ0n) is 9.56. The summed E-state index contributed by atoms with van der Waals surface area (Å²) in [6, 6.07) is 6.64. The van der Waals surface area contributed by atoms with E-state index in [-0.39, 0.29) is 11.7 Å². The van der Waals surface area contributed by atoms with Crippen molar-refractivity contribution in [3.8, 4) is 0 Å². The Morgan fingerprint density at radius 2 is 1.62 bits per heavy atom. The molecule has 1 amide bonds. The third kappa shape index (κ3) is 2.90. The molecule has 4 nitrogen and oxygen atoms in total. The van der Waals surface area contributed by atoms with Crippen LogP contribution in [-0.4, -0.2) is 37.2 Å². The summed E-state index contributed by atoms with van der Waals surface area (Å²) in [4.78, 5) is 24.6. The zero-order chi connectivity index (χ0) is 12.1. The van der Waals surface area contributed by atoms with Gasteiger partial charge in [-0.05, 0) is 18.7 Å². The maximum atomic E-state index is 11.6. The van der Waals surface area contributed by atoms with Crippen molar-refractivity contribution in [1.29, 1.82) is 0 Å². The average Bonchev–Trinajstić information content (AvgIpc) is 2.28.